The molecule has 0 saturated carbocycles. The van der Waals surface area contributed by atoms with Gasteiger partial charge in [0.05, 0.1) is 28.0 Å². The summed E-state index contributed by atoms with van der Waals surface area (Å²) in [6.07, 6.45) is 0. The van der Waals surface area contributed by atoms with Crippen molar-refractivity contribution >= 4 is 44.8 Å². The van der Waals surface area contributed by atoms with Crippen LogP contribution in [0.5, 0.6) is 5.75 Å². The molecule has 0 bridgehead atoms. The lowest BCUT2D eigenvalue weighted by molar-refractivity contribution is -0.143. The number of hydrogen-bond acceptors (Lipinski definition) is 8. The number of aromatic nitrogens is 2. The first kappa shape index (κ1) is 21.0. The van der Waals surface area contributed by atoms with Crippen molar-refractivity contribution in [2.45, 2.75) is 19.6 Å². The number of hydrogen-bond donors (Lipinski definition) is 1. The zero-order valence-corrected chi connectivity index (χ0v) is 18.5. The predicted octanol–water partition coefficient (Wildman–Crippen LogP) is 4.28. The molecule has 0 aliphatic carbocycles. The average Bonchev–Trinajstić information content (AvgIpc) is 3.41. The standard InChI is InChI=1S/C22H19N3O4S2/c1-13-23-17-10-16(8-9-18(17)31-13)29-11-15-12-30-21(24-15)20(26)25-19(22(27)28-2)14-6-4-3-5-7-14/h3-10,12,19H,11H2,1-2H3,(H,25,26)/t19-/m0/s1. The molecule has 2 aromatic heterocycles. The SMILES string of the molecule is COC(=O)[C@@H](NC(=O)c1nc(COc2ccc3sc(C)nc3c2)cs1)c1ccccc1. The highest BCUT2D eigenvalue weighted by Gasteiger charge is 2.25. The van der Waals surface area contributed by atoms with Crippen molar-refractivity contribution < 1.29 is 19.1 Å². The number of esters is 1. The van der Waals surface area contributed by atoms with E-state index in [0.717, 1.165) is 15.2 Å². The molecule has 0 aliphatic rings. The molecule has 158 valence electrons. The molecule has 0 radical (unpaired) electrons. The summed E-state index contributed by atoms with van der Waals surface area (Å²) in [6, 6.07) is 13.8. The number of carbonyl (C=O) groups excluding carboxylic acids is 2. The molecule has 0 aliphatic heterocycles. The van der Waals surface area contributed by atoms with Gasteiger partial charge in [-0.25, -0.2) is 14.8 Å². The van der Waals surface area contributed by atoms with Gasteiger partial charge in [0.15, 0.2) is 11.0 Å². The Labute approximate surface area is 186 Å². The second-order valence-corrected chi connectivity index (χ2v) is 8.73. The fourth-order valence-electron chi connectivity index (χ4n) is 2.98. The van der Waals surface area contributed by atoms with Crippen LogP contribution in [0.2, 0.25) is 0 Å². The van der Waals surface area contributed by atoms with Crippen molar-refractivity contribution in [2.24, 2.45) is 0 Å². The van der Waals surface area contributed by atoms with Crippen LogP contribution in [-0.4, -0.2) is 29.0 Å². The zero-order valence-electron chi connectivity index (χ0n) is 16.8. The van der Waals surface area contributed by atoms with Gasteiger partial charge in [-0.2, -0.15) is 0 Å². The van der Waals surface area contributed by atoms with E-state index in [4.69, 9.17) is 9.47 Å². The number of amides is 1. The van der Waals surface area contributed by atoms with Crippen LogP contribution in [0.25, 0.3) is 10.2 Å². The van der Waals surface area contributed by atoms with Crippen LogP contribution in [0.1, 0.15) is 32.1 Å². The second-order valence-electron chi connectivity index (χ2n) is 6.64. The molecular formula is C22H19N3O4S2. The molecule has 2 heterocycles. The lowest BCUT2D eigenvalue weighted by Gasteiger charge is -2.16. The van der Waals surface area contributed by atoms with Crippen molar-refractivity contribution in [1.82, 2.24) is 15.3 Å². The zero-order chi connectivity index (χ0) is 21.8. The minimum atomic E-state index is -0.907. The van der Waals surface area contributed by atoms with E-state index in [-0.39, 0.29) is 11.6 Å². The summed E-state index contributed by atoms with van der Waals surface area (Å²) in [5.74, 6) is -0.311. The number of benzene rings is 2. The van der Waals surface area contributed by atoms with E-state index in [1.165, 1.54) is 18.4 Å². The van der Waals surface area contributed by atoms with E-state index >= 15 is 0 Å². The van der Waals surface area contributed by atoms with Gasteiger partial charge < -0.3 is 14.8 Å². The Morgan fingerprint density at radius 1 is 1.13 bits per heavy atom. The summed E-state index contributed by atoms with van der Waals surface area (Å²) < 4.78 is 11.8. The number of methoxy groups -OCH3 is 1. The minimum Gasteiger partial charge on any atom is -0.487 e. The van der Waals surface area contributed by atoms with Crippen molar-refractivity contribution in [1.29, 1.82) is 0 Å². The van der Waals surface area contributed by atoms with Gasteiger partial charge >= 0.3 is 5.97 Å². The van der Waals surface area contributed by atoms with Crippen LogP contribution < -0.4 is 10.1 Å². The Hall–Kier alpha value is -3.30. The second kappa shape index (κ2) is 9.23. The molecule has 7 nitrogen and oxygen atoms in total. The minimum absolute atomic E-state index is 0.220. The molecule has 0 unspecified atom stereocenters. The van der Waals surface area contributed by atoms with Crippen molar-refractivity contribution in [2.75, 3.05) is 7.11 Å². The van der Waals surface area contributed by atoms with Crippen molar-refractivity contribution in [3.8, 4) is 5.75 Å². The van der Waals surface area contributed by atoms with Crippen LogP contribution in [0.15, 0.2) is 53.9 Å². The molecule has 9 heteroatoms. The van der Waals surface area contributed by atoms with E-state index in [0.29, 0.717) is 17.0 Å². The molecule has 0 fully saturated rings. The van der Waals surface area contributed by atoms with Gasteiger partial charge in [0.25, 0.3) is 5.91 Å². The van der Waals surface area contributed by atoms with Crippen LogP contribution >= 0.6 is 22.7 Å². The Kier molecular flexibility index (Phi) is 6.24. The van der Waals surface area contributed by atoms with Crippen molar-refractivity contribution in [3.63, 3.8) is 0 Å². The summed E-state index contributed by atoms with van der Waals surface area (Å²) >= 11 is 2.82. The maximum atomic E-state index is 12.7. The summed E-state index contributed by atoms with van der Waals surface area (Å²) in [6.45, 7) is 2.19. The molecule has 0 saturated heterocycles. The van der Waals surface area contributed by atoms with Gasteiger partial charge in [-0.15, -0.1) is 22.7 Å². The molecular weight excluding hydrogens is 434 g/mol. The van der Waals surface area contributed by atoms with Crippen LogP contribution in [-0.2, 0) is 16.1 Å². The van der Waals surface area contributed by atoms with Gasteiger partial charge in [-0.05, 0) is 24.6 Å². The third-order valence-electron chi connectivity index (χ3n) is 4.44. The van der Waals surface area contributed by atoms with E-state index in [1.807, 2.05) is 31.2 Å². The summed E-state index contributed by atoms with van der Waals surface area (Å²) in [5, 5.41) is 5.70. The number of rotatable bonds is 7. The van der Waals surface area contributed by atoms with Gasteiger partial charge in [0.1, 0.15) is 12.4 Å². The largest absolute Gasteiger partial charge is 0.487 e. The highest BCUT2D eigenvalue weighted by Crippen LogP contribution is 2.26. The number of fused-ring (bicyclic) bond motifs is 1. The first-order valence-corrected chi connectivity index (χ1v) is 11.1. The van der Waals surface area contributed by atoms with Gasteiger partial charge in [0.2, 0.25) is 0 Å². The van der Waals surface area contributed by atoms with Crippen LogP contribution in [0.4, 0.5) is 0 Å². The Morgan fingerprint density at radius 3 is 2.71 bits per heavy atom. The maximum Gasteiger partial charge on any atom is 0.333 e. The average molecular weight is 454 g/mol. The number of carbonyl (C=O) groups is 2. The number of thiazole rings is 2. The van der Waals surface area contributed by atoms with Gasteiger partial charge in [-0.3, -0.25) is 4.79 Å². The van der Waals surface area contributed by atoms with E-state index in [1.54, 1.807) is 41.0 Å². The summed E-state index contributed by atoms with van der Waals surface area (Å²) in [7, 11) is 1.29. The Balaban J connectivity index is 1.42. The lowest BCUT2D eigenvalue weighted by Crippen LogP contribution is -2.34. The van der Waals surface area contributed by atoms with Crippen molar-refractivity contribution in [3.05, 3.63) is 75.2 Å². The molecule has 4 aromatic rings. The number of nitrogens with one attached hydrogen (secondary N) is 1. The fraction of sp³-hybridized carbons (Fsp3) is 0.182. The van der Waals surface area contributed by atoms with Crippen LogP contribution in [0, 0.1) is 6.92 Å². The number of ether oxygens (including phenoxy) is 2. The highest BCUT2D eigenvalue weighted by atomic mass is 32.1. The van der Waals surface area contributed by atoms with E-state index < -0.39 is 17.9 Å². The van der Waals surface area contributed by atoms with E-state index in [9.17, 15) is 9.59 Å². The molecule has 1 atom stereocenters. The normalized spacial score (nSPS) is 11.8. The highest BCUT2D eigenvalue weighted by molar-refractivity contribution is 7.18. The third kappa shape index (κ3) is 4.89. The lowest BCUT2D eigenvalue weighted by atomic mass is 10.1. The topological polar surface area (TPSA) is 90.4 Å². The monoisotopic (exact) mass is 453 g/mol. The first-order chi connectivity index (χ1) is 15.0. The Bertz CT molecular complexity index is 1220. The van der Waals surface area contributed by atoms with E-state index in [2.05, 4.69) is 15.3 Å². The third-order valence-corrected chi connectivity index (χ3v) is 6.29. The summed E-state index contributed by atoms with van der Waals surface area (Å²) in [4.78, 5) is 33.6. The van der Waals surface area contributed by atoms with Gasteiger partial charge in [0, 0.05) is 11.4 Å². The molecule has 1 amide bonds. The predicted molar refractivity (Wildman–Crippen MR) is 119 cm³/mol. The molecule has 4 rings (SSSR count). The fourth-order valence-corrected chi connectivity index (χ4v) is 4.49. The quantitative estimate of drug-likeness (QED) is 0.420. The molecule has 0 spiro atoms. The number of aryl methyl sites for hydroxylation is 1. The van der Waals surface area contributed by atoms with Gasteiger partial charge in [-0.1, -0.05) is 30.3 Å². The smallest absolute Gasteiger partial charge is 0.333 e. The molecule has 31 heavy (non-hydrogen) atoms. The molecule has 1 N–H and O–H groups in total. The summed E-state index contributed by atoms with van der Waals surface area (Å²) in [5.41, 5.74) is 2.16. The number of nitrogens with zero attached hydrogens (tertiary/aromatic N) is 2. The maximum absolute atomic E-state index is 12.7. The Morgan fingerprint density at radius 2 is 1.94 bits per heavy atom. The molecule has 2 aromatic carbocycles. The van der Waals surface area contributed by atoms with Crippen LogP contribution in [0.3, 0.4) is 0 Å². The first-order valence-electron chi connectivity index (χ1n) is 9.41.